The fourth-order valence-electron chi connectivity index (χ4n) is 2.19. The molecule has 0 aliphatic heterocycles. The van der Waals surface area contributed by atoms with E-state index in [4.69, 9.17) is 0 Å². The molecule has 0 amide bonds. The molecule has 2 aromatic rings. The lowest BCUT2D eigenvalue weighted by Crippen LogP contribution is -2.08. The van der Waals surface area contributed by atoms with E-state index in [0.29, 0.717) is 5.92 Å². The molecular formula is C16H23N3. The number of imidazole rings is 1. The van der Waals surface area contributed by atoms with E-state index in [-0.39, 0.29) is 0 Å². The Morgan fingerprint density at radius 3 is 2.63 bits per heavy atom. The Morgan fingerprint density at radius 1 is 1.21 bits per heavy atom. The molecule has 0 unspecified atom stereocenters. The van der Waals surface area contributed by atoms with E-state index in [1.54, 1.807) is 0 Å². The number of hydrogen-bond donors (Lipinski definition) is 1. The van der Waals surface area contributed by atoms with Gasteiger partial charge in [0, 0.05) is 18.4 Å². The summed E-state index contributed by atoms with van der Waals surface area (Å²) in [6, 6.07) is 6.31. The molecule has 0 saturated heterocycles. The zero-order valence-corrected chi connectivity index (χ0v) is 12.5. The first-order valence-corrected chi connectivity index (χ1v) is 6.84. The highest BCUT2D eigenvalue weighted by molar-refractivity contribution is 5.60. The second-order valence-corrected chi connectivity index (χ2v) is 5.62. The van der Waals surface area contributed by atoms with Crippen LogP contribution in [0.15, 0.2) is 24.4 Å². The van der Waals surface area contributed by atoms with Crippen LogP contribution in [-0.2, 0) is 6.54 Å². The lowest BCUT2D eigenvalue weighted by Gasteiger charge is -2.14. The molecule has 0 radical (unpaired) electrons. The van der Waals surface area contributed by atoms with Gasteiger partial charge >= 0.3 is 0 Å². The number of rotatable bonds is 4. The summed E-state index contributed by atoms with van der Waals surface area (Å²) in [7, 11) is 0. The van der Waals surface area contributed by atoms with Crippen molar-refractivity contribution in [3.8, 4) is 0 Å². The van der Waals surface area contributed by atoms with Crippen molar-refractivity contribution in [1.82, 2.24) is 9.55 Å². The highest BCUT2D eigenvalue weighted by Gasteiger charge is 2.09. The molecule has 0 spiro atoms. The zero-order valence-electron chi connectivity index (χ0n) is 12.5. The molecule has 2 rings (SSSR count). The summed E-state index contributed by atoms with van der Waals surface area (Å²) >= 11 is 0. The number of hydrogen-bond acceptors (Lipinski definition) is 2. The van der Waals surface area contributed by atoms with Crippen molar-refractivity contribution < 1.29 is 0 Å². The first-order valence-electron chi connectivity index (χ1n) is 6.84. The third-order valence-corrected chi connectivity index (χ3v) is 3.31. The average Bonchev–Trinajstić information content (AvgIpc) is 2.64. The van der Waals surface area contributed by atoms with Crippen molar-refractivity contribution in [2.24, 2.45) is 5.92 Å². The van der Waals surface area contributed by atoms with Crippen molar-refractivity contribution in [2.75, 3.05) is 5.32 Å². The molecule has 1 aromatic heterocycles. The topological polar surface area (TPSA) is 29.9 Å². The molecule has 0 saturated carbocycles. The SMILES string of the molecule is Cc1cn(CC(C)C)c(Nc2cccc(C)c2C)n1. The van der Waals surface area contributed by atoms with Crippen molar-refractivity contribution >= 4 is 11.6 Å². The highest BCUT2D eigenvalue weighted by atomic mass is 15.2. The van der Waals surface area contributed by atoms with Crippen LogP contribution < -0.4 is 5.32 Å². The van der Waals surface area contributed by atoms with Crippen LogP contribution in [0.2, 0.25) is 0 Å². The lowest BCUT2D eigenvalue weighted by atomic mass is 10.1. The summed E-state index contributed by atoms with van der Waals surface area (Å²) < 4.78 is 2.20. The number of nitrogens with one attached hydrogen (secondary N) is 1. The molecule has 1 aromatic carbocycles. The van der Waals surface area contributed by atoms with Gasteiger partial charge in [0.25, 0.3) is 0 Å². The Bertz CT molecular complexity index is 567. The zero-order chi connectivity index (χ0) is 14.0. The molecule has 0 aliphatic carbocycles. The number of anilines is 2. The molecule has 1 N–H and O–H groups in total. The van der Waals surface area contributed by atoms with Crippen LogP contribution in [0.1, 0.15) is 30.7 Å². The van der Waals surface area contributed by atoms with Gasteiger partial charge in [0.15, 0.2) is 0 Å². The fraction of sp³-hybridized carbons (Fsp3) is 0.438. The molecule has 0 bridgehead atoms. The number of benzene rings is 1. The lowest BCUT2D eigenvalue weighted by molar-refractivity contribution is 0.527. The molecule has 3 nitrogen and oxygen atoms in total. The molecule has 3 heteroatoms. The van der Waals surface area contributed by atoms with Gasteiger partial charge in [-0.1, -0.05) is 26.0 Å². The smallest absolute Gasteiger partial charge is 0.207 e. The van der Waals surface area contributed by atoms with Gasteiger partial charge in [-0.05, 0) is 43.9 Å². The average molecular weight is 257 g/mol. The summed E-state index contributed by atoms with van der Waals surface area (Å²) in [5.41, 5.74) is 4.76. The number of aryl methyl sites for hydroxylation is 2. The van der Waals surface area contributed by atoms with Gasteiger partial charge in [-0.3, -0.25) is 0 Å². The van der Waals surface area contributed by atoms with Crippen LogP contribution in [0.5, 0.6) is 0 Å². The Hall–Kier alpha value is -1.77. The van der Waals surface area contributed by atoms with Gasteiger partial charge in [0.05, 0.1) is 5.69 Å². The van der Waals surface area contributed by atoms with Crippen LogP contribution in [0.4, 0.5) is 11.6 Å². The van der Waals surface area contributed by atoms with Crippen molar-refractivity contribution in [2.45, 2.75) is 41.2 Å². The van der Waals surface area contributed by atoms with E-state index < -0.39 is 0 Å². The molecule has 0 fully saturated rings. The molecule has 0 aliphatic rings. The highest BCUT2D eigenvalue weighted by Crippen LogP contribution is 2.23. The van der Waals surface area contributed by atoms with E-state index in [2.05, 4.69) is 67.0 Å². The maximum absolute atomic E-state index is 4.58. The molecular weight excluding hydrogens is 234 g/mol. The maximum atomic E-state index is 4.58. The normalized spacial score (nSPS) is 11.1. The van der Waals surface area contributed by atoms with Gasteiger partial charge in [-0.15, -0.1) is 0 Å². The second-order valence-electron chi connectivity index (χ2n) is 5.62. The largest absolute Gasteiger partial charge is 0.325 e. The van der Waals surface area contributed by atoms with Gasteiger partial charge < -0.3 is 9.88 Å². The van der Waals surface area contributed by atoms with Gasteiger partial charge in [0.1, 0.15) is 0 Å². The predicted molar refractivity (Wildman–Crippen MR) is 81.0 cm³/mol. The molecule has 19 heavy (non-hydrogen) atoms. The number of nitrogens with zero attached hydrogens (tertiary/aromatic N) is 2. The third-order valence-electron chi connectivity index (χ3n) is 3.31. The summed E-state index contributed by atoms with van der Waals surface area (Å²) in [5, 5.41) is 3.46. The van der Waals surface area contributed by atoms with Gasteiger partial charge in [-0.25, -0.2) is 4.98 Å². The van der Waals surface area contributed by atoms with E-state index in [0.717, 1.165) is 23.9 Å². The van der Waals surface area contributed by atoms with Crippen LogP contribution in [0.25, 0.3) is 0 Å². The van der Waals surface area contributed by atoms with Gasteiger partial charge in [-0.2, -0.15) is 0 Å². The van der Waals surface area contributed by atoms with Crippen LogP contribution in [0.3, 0.4) is 0 Å². The van der Waals surface area contributed by atoms with Gasteiger partial charge in [0.2, 0.25) is 5.95 Å². The summed E-state index contributed by atoms with van der Waals surface area (Å²) in [6.45, 7) is 11.7. The summed E-state index contributed by atoms with van der Waals surface area (Å²) in [5.74, 6) is 1.53. The van der Waals surface area contributed by atoms with E-state index in [1.165, 1.54) is 11.1 Å². The number of aromatic nitrogens is 2. The minimum Gasteiger partial charge on any atom is -0.325 e. The van der Waals surface area contributed by atoms with E-state index >= 15 is 0 Å². The van der Waals surface area contributed by atoms with Crippen molar-refractivity contribution in [3.63, 3.8) is 0 Å². The minimum atomic E-state index is 0.604. The standard InChI is InChI=1S/C16H23N3/c1-11(2)9-19-10-13(4)17-16(19)18-15-8-6-7-12(3)14(15)5/h6-8,10-11H,9H2,1-5H3,(H,17,18). The van der Waals surface area contributed by atoms with E-state index in [1.807, 2.05) is 6.92 Å². The summed E-state index contributed by atoms with van der Waals surface area (Å²) in [4.78, 5) is 4.58. The first-order chi connectivity index (χ1) is 8.97. The van der Waals surface area contributed by atoms with Crippen LogP contribution in [-0.4, -0.2) is 9.55 Å². The molecule has 1 heterocycles. The Balaban J connectivity index is 2.30. The first kappa shape index (κ1) is 13.7. The summed E-state index contributed by atoms with van der Waals surface area (Å²) in [6.07, 6.45) is 2.10. The van der Waals surface area contributed by atoms with Crippen LogP contribution in [0, 0.1) is 26.7 Å². The predicted octanol–water partition coefficient (Wildman–Crippen LogP) is 4.21. The Morgan fingerprint density at radius 2 is 1.95 bits per heavy atom. The second kappa shape index (κ2) is 5.47. The van der Waals surface area contributed by atoms with Crippen molar-refractivity contribution in [3.05, 3.63) is 41.2 Å². The maximum Gasteiger partial charge on any atom is 0.207 e. The quantitative estimate of drug-likeness (QED) is 0.889. The van der Waals surface area contributed by atoms with E-state index in [9.17, 15) is 0 Å². The van der Waals surface area contributed by atoms with Crippen LogP contribution >= 0.6 is 0 Å². The molecule has 102 valence electrons. The Labute approximate surface area is 115 Å². The Kier molecular flexibility index (Phi) is 3.93. The van der Waals surface area contributed by atoms with Crippen molar-refractivity contribution in [1.29, 1.82) is 0 Å². The monoisotopic (exact) mass is 257 g/mol. The fourth-order valence-corrected chi connectivity index (χ4v) is 2.19. The third kappa shape index (κ3) is 3.16. The molecule has 0 atom stereocenters. The minimum absolute atomic E-state index is 0.604.